The topological polar surface area (TPSA) is 88.8 Å². The second-order valence-electron chi connectivity index (χ2n) is 8.05. The molecule has 2 atom stereocenters. The van der Waals surface area contributed by atoms with Crippen LogP contribution >= 0.6 is 23.2 Å². The minimum absolute atomic E-state index is 0.00923. The maximum atomic E-state index is 14.3. The third-order valence-electron chi connectivity index (χ3n) is 5.71. The van der Waals surface area contributed by atoms with Crippen molar-refractivity contribution in [3.63, 3.8) is 0 Å². The van der Waals surface area contributed by atoms with Crippen LogP contribution in [0.25, 0.3) is 0 Å². The number of carboxylic acid groups (broad SMARTS) is 1. The number of aliphatic hydroxyl groups is 1. The molecule has 0 spiro atoms. The first-order valence-corrected chi connectivity index (χ1v) is 10.9. The van der Waals surface area contributed by atoms with Gasteiger partial charge in [0.2, 0.25) is 0 Å². The lowest BCUT2D eigenvalue weighted by Crippen LogP contribution is -2.47. The van der Waals surface area contributed by atoms with Crippen molar-refractivity contribution in [2.75, 3.05) is 0 Å². The van der Waals surface area contributed by atoms with E-state index in [4.69, 9.17) is 33.0 Å². The highest BCUT2D eigenvalue weighted by atomic mass is 35.5. The van der Waals surface area contributed by atoms with Gasteiger partial charge < -0.3 is 19.5 Å². The number of alkyl halides is 3. The van der Waals surface area contributed by atoms with Crippen molar-refractivity contribution < 1.29 is 32.9 Å². The minimum Gasteiger partial charge on any atom is -0.478 e. The van der Waals surface area contributed by atoms with E-state index in [-0.39, 0.29) is 38.2 Å². The molecule has 0 aliphatic rings. The molecular weight excluding hydrogens is 510 g/mol. The second kappa shape index (κ2) is 9.56. The Morgan fingerprint density at radius 3 is 2.26 bits per heavy atom. The lowest BCUT2D eigenvalue weighted by atomic mass is 9.78. The predicted octanol–water partition coefficient (Wildman–Crippen LogP) is 6.04. The summed E-state index contributed by atoms with van der Waals surface area (Å²) >= 11 is 12.4. The Kier molecular flexibility index (Phi) is 7.26. The molecule has 3 aromatic rings. The molecule has 1 aromatic heterocycles. The van der Waals surface area contributed by atoms with E-state index in [1.165, 1.54) is 57.3 Å². The summed E-state index contributed by atoms with van der Waals surface area (Å²) < 4.78 is 49.4. The molecule has 0 fully saturated rings. The molecule has 0 aliphatic carbocycles. The molecule has 0 unspecified atom stereocenters. The molecule has 11 heteroatoms. The number of ether oxygens (including phenoxy) is 1. The molecule has 35 heavy (non-hydrogen) atoms. The number of hydrogen-bond donors (Lipinski definition) is 2. The van der Waals surface area contributed by atoms with Gasteiger partial charge in [-0.15, -0.1) is 0 Å². The fourth-order valence-corrected chi connectivity index (χ4v) is 4.29. The van der Waals surface area contributed by atoms with Gasteiger partial charge in [0.15, 0.2) is 5.60 Å². The number of nitrogens with zero attached hydrogens (tertiary/aromatic N) is 1. The first kappa shape index (κ1) is 26.6. The number of carbonyl (C=O) groups is 1. The summed E-state index contributed by atoms with van der Waals surface area (Å²) in [5, 5.41) is 19.9. The maximum Gasteiger partial charge on any atom is 0.422 e. The highest BCUT2D eigenvalue weighted by Gasteiger charge is 2.59. The Morgan fingerprint density at radius 1 is 1.09 bits per heavy atom. The fourth-order valence-electron chi connectivity index (χ4n) is 3.74. The molecular formula is C24H20Cl2F3NO5. The first-order valence-electron chi connectivity index (χ1n) is 10.1. The average Bonchev–Trinajstić information content (AvgIpc) is 2.76. The Morgan fingerprint density at radius 2 is 1.74 bits per heavy atom. The molecule has 0 aliphatic heterocycles. The summed E-state index contributed by atoms with van der Waals surface area (Å²) in [5.41, 5.74) is -4.37. The Balaban J connectivity index is 2.01. The summed E-state index contributed by atoms with van der Waals surface area (Å²) in [5.74, 6) is -2.50. The molecule has 2 aromatic carbocycles. The standard InChI is InChI=1S/C24H20Cl2F3NO5/c1-12-8-15(11-30(3)21(12)31)23(34,24(27,28)29)13(2)17-6-5-16(10-18(17)25)35-20-7-4-14(22(32)33)9-19(20)26/h4-11,13,34H,1-3H3,(H,32,33)/t13-,23-/m0/s1. The van der Waals surface area contributed by atoms with Crippen molar-refractivity contribution in [3.8, 4) is 11.5 Å². The van der Waals surface area contributed by atoms with Gasteiger partial charge in [0.25, 0.3) is 5.56 Å². The summed E-state index contributed by atoms with van der Waals surface area (Å²) in [6.45, 7) is 2.54. The number of aromatic nitrogens is 1. The number of rotatable bonds is 6. The van der Waals surface area contributed by atoms with E-state index in [9.17, 15) is 27.9 Å². The van der Waals surface area contributed by atoms with E-state index in [0.717, 1.165) is 16.8 Å². The molecule has 186 valence electrons. The van der Waals surface area contributed by atoms with Gasteiger partial charge >= 0.3 is 12.1 Å². The molecule has 0 saturated carbocycles. The van der Waals surface area contributed by atoms with Crippen molar-refractivity contribution in [2.24, 2.45) is 7.05 Å². The van der Waals surface area contributed by atoms with E-state index < -0.39 is 34.8 Å². The van der Waals surface area contributed by atoms with E-state index in [0.29, 0.717) is 0 Å². The van der Waals surface area contributed by atoms with Gasteiger partial charge in [0.1, 0.15) is 11.5 Å². The molecule has 0 amide bonds. The van der Waals surface area contributed by atoms with Gasteiger partial charge in [0, 0.05) is 35.3 Å². The van der Waals surface area contributed by atoms with Crippen LogP contribution in [-0.2, 0) is 12.6 Å². The van der Waals surface area contributed by atoms with E-state index in [1.54, 1.807) is 0 Å². The van der Waals surface area contributed by atoms with Crippen LogP contribution in [0.1, 0.15) is 39.9 Å². The minimum atomic E-state index is -5.10. The number of aryl methyl sites for hydroxylation is 2. The number of aromatic carboxylic acids is 1. The van der Waals surface area contributed by atoms with E-state index >= 15 is 0 Å². The van der Waals surface area contributed by atoms with Crippen molar-refractivity contribution in [1.29, 1.82) is 0 Å². The zero-order valence-electron chi connectivity index (χ0n) is 18.7. The number of carboxylic acids is 1. The van der Waals surface area contributed by atoms with Gasteiger partial charge in [-0.25, -0.2) is 4.79 Å². The van der Waals surface area contributed by atoms with Crippen LogP contribution in [0.3, 0.4) is 0 Å². The second-order valence-corrected chi connectivity index (χ2v) is 8.86. The van der Waals surface area contributed by atoms with Crippen LogP contribution in [0.2, 0.25) is 10.0 Å². The van der Waals surface area contributed by atoms with Crippen molar-refractivity contribution in [1.82, 2.24) is 4.57 Å². The molecule has 2 N–H and O–H groups in total. The lowest BCUT2D eigenvalue weighted by molar-refractivity contribution is -0.274. The lowest BCUT2D eigenvalue weighted by Gasteiger charge is -2.37. The summed E-state index contributed by atoms with van der Waals surface area (Å²) in [7, 11) is 1.30. The first-order chi connectivity index (χ1) is 16.2. The van der Waals surface area contributed by atoms with Crippen LogP contribution < -0.4 is 10.3 Å². The third kappa shape index (κ3) is 5.03. The zero-order valence-corrected chi connectivity index (χ0v) is 20.2. The molecule has 0 saturated heterocycles. The maximum absolute atomic E-state index is 14.3. The monoisotopic (exact) mass is 529 g/mol. The van der Waals surface area contributed by atoms with Crippen molar-refractivity contribution >= 4 is 29.2 Å². The summed E-state index contributed by atoms with van der Waals surface area (Å²) in [6, 6.07) is 8.71. The molecule has 0 bridgehead atoms. The Bertz CT molecular complexity index is 1330. The van der Waals surface area contributed by atoms with Crippen LogP contribution in [-0.4, -0.2) is 26.9 Å². The van der Waals surface area contributed by atoms with Crippen molar-refractivity contribution in [2.45, 2.75) is 31.5 Å². The van der Waals surface area contributed by atoms with E-state index in [2.05, 4.69) is 0 Å². The highest BCUT2D eigenvalue weighted by Crippen LogP contribution is 2.50. The summed E-state index contributed by atoms with van der Waals surface area (Å²) in [4.78, 5) is 23.0. The van der Waals surface area contributed by atoms with E-state index in [1.807, 2.05) is 0 Å². The number of hydrogen-bond acceptors (Lipinski definition) is 4. The quantitative estimate of drug-likeness (QED) is 0.406. The fraction of sp³-hybridized carbons (Fsp3) is 0.250. The molecule has 3 rings (SSSR count). The SMILES string of the molecule is Cc1cc([C@@](O)([C@@H](C)c2ccc(Oc3ccc(C(=O)O)cc3Cl)cc2Cl)C(F)(F)F)cn(C)c1=O. The van der Waals surface area contributed by atoms with Gasteiger partial charge in [-0.3, -0.25) is 4.79 Å². The highest BCUT2D eigenvalue weighted by molar-refractivity contribution is 6.32. The van der Waals surface area contributed by atoms with Crippen LogP contribution in [0.5, 0.6) is 11.5 Å². The van der Waals surface area contributed by atoms with Crippen LogP contribution in [0.15, 0.2) is 53.5 Å². The van der Waals surface area contributed by atoms with Crippen LogP contribution in [0, 0.1) is 6.92 Å². The van der Waals surface area contributed by atoms with Crippen LogP contribution in [0.4, 0.5) is 13.2 Å². The average molecular weight is 530 g/mol. The smallest absolute Gasteiger partial charge is 0.422 e. The molecule has 6 nitrogen and oxygen atoms in total. The Labute approximate surface area is 208 Å². The van der Waals surface area contributed by atoms with Gasteiger partial charge in [-0.1, -0.05) is 36.2 Å². The Hall–Kier alpha value is -3.01. The normalized spacial score (nSPS) is 14.3. The zero-order chi connectivity index (χ0) is 26.3. The number of pyridine rings is 1. The number of halogens is 5. The van der Waals surface area contributed by atoms with Gasteiger partial charge in [0.05, 0.1) is 10.6 Å². The molecule has 0 radical (unpaired) electrons. The number of benzene rings is 2. The largest absolute Gasteiger partial charge is 0.478 e. The molecule has 1 heterocycles. The van der Waals surface area contributed by atoms with Gasteiger partial charge in [-0.2, -0.15) is 13.2 Å². The van der Waals surface area contributed by atoms with Gasteiger partial charge in [-0.05, 0) is 48.9 Å². The third-order valence-corrected chi connectivity index (χ3v) is 6.33. The van der Waals surface area contributed by atoms with Crippen molar-refractivity contribution in [3.05, 3.63) is 91.3 Å². The predicted molar refractivity (Wildman–Crippen MR) is 125 cm³/mol. The summed E-state index contributed by atoms with van der Waals surface area (Å²) in [6.07, 6.45) is -4.15.